The van der Waals surface area contributed by atoms with E-state index in [0.29, 0.717) is 12.8 Å². The van der Waals surface area contributed by atoms with Crippen LogP contribution < -0.4 is 0 Å². The van der Waals surface area contributed by atoms with Crippen molar-refractivity contribution in [2.45, 2.75) is 139 Å². The van der Waals surface area contributed by atoms with Crippen molar-refractivity contribution < 1.29 is 43.0 Å². The van der Waals surface area contributed by atoms with E-state index in [2.05, 4.69) is 0 Å². The van der Waals surface area contributed by atoms with E-state index in [4.69, 9.17) is 14.2 Å². The number of rotatable bonds is 9. The fourth-order valence-corrected chi connectivity index (χ4v) is 5.89. The number of esters is 3. The first kappa shape index (κ1) is 42.8. The third kappa shape index (κ3) is 10.4. The van der Waals surface area contributed by atoms with Gasteiger partial charge in [0.2, 0.25) is 0 Å². The fraction of sp³-hybridized carbons (Fsp3) is 0.833. The van der Waals surface area contributed by atoms with Gasteiger partial charge in [-0.25, -0.2) is 14.4 Å². The zero-order chi connectivity index (χ0) is 37.4. The van der Waals surface area contributed by atoms with E-state index in [1.165, 1.54) is 35.8 Å². The topological polar surface area (TPSA) is 140 Å². The molecule has 12 heteroatoms. The van der Waals surface area contributed by atoms with Gasteiger partial charge in [-0.15, -0.1) is 0 Å². The highest BCUT2D eigenvalue weighted by molar-refractivity contribution is 5.94. The molecule has 0 spiro atoms. The summed E-state index contributed by atoms with van der Waals surface area (Å²) in [5.74, 6) is -6.39. The van der Waals surface area contributed by atoms with Gasteiger partial charge in [0.1, 0.15) is 18.1 Å². The van der Waals surface area contributed by atoms with Crippen LogP contribution in [0.2, 0.25) is 0 Å². The molecule has 3 amide bonds. The Hall–Kier alpha value is -3.18. The highest BCUT2D eigenvalue weighted by atomic mass is 16.6. The van der Waals surface area contributed by atoms with Gasteiger partial charge in [-0.05, 0) is 41.9 Å². The summed E-state index contributed by atoms with van der Waals surface area (Å²) in [6.07, 6.45) is -2.59. The first-order chi connectivity index (χ1) is 22.1. The minimum absolute atomic E-state index is 0.0421. The Morgan fingerprint density at radius 1 is 0.500 bits per heavy atom. The summed E-state index contributed by atoms with van der Waals surface area (Å²) in [6.45, 7) is 21.5. The van der Waals surface area contributed by atoms with E-state index in [1.54, 1.807) is 55.4 Å². The Balaban J connectivity index is 4.02. The largest absolute Gasteiger partial charge is 0.450 e. The molecule has 0 bridgehead atoms. The zero-order valence-corrected chi connectivity index (χ0v) is 32.1. The van der Waals surface area contributed by atoms with Crippen LogP contribution in [-0.2, 0) is 43.0 Å². The predicted molar refractivity (Wildman–Crippen MR) is 182 cm³/mol. The average molecular weight is 682 g/mol. The van der Waals surface area contributed by atoms with Gasteiger partial charge >= 0.3 is 17.9 Å². The van der Waals surface area contributed by atoms with Crippen LogP contribution in [0, 0.1) is 35.5 Å². The van der Waals surface area contributed by atoms with E-state index in [1.807, 2.05) is 27.7 Å². The number of nitrogens with zero attached hydrogens (tertiary/aromatic N) is 3. The molecule has 0 aromatic heterocycles. The second-order valence-corrected chi connectivity index (χ2v) is 15.0. The molecule has 0 aliphatic carbocycles. The van der Waals surface area contributed by atoms with Crippen molar-refractivity contribution in [3.63, 3.8) is 0 Å². The van der Waals surface area contributed by atoms with Crippen LogP contribution in [0.15, 0.2) is 0 Å². The molecule has 0 saturated carbocycles. The second kappa shape index (κ2) is 18.5. The van der Waals surface area contributed by atoms with Crippen LogP contribution >= 0.6 is 0 Å². The fourth-order valence-electron chi connectivity index (χ4n) is 5.89. The summed E-state index contributed by atoms with van der Waals surface area (Å²) in [5, 5.41) is 0. The molecule has 48 heavy (non-hydrogen) atoms. The van der Waals surface area contributed by atoms with Crippen molar-refractivity contribution in [3.05, 3.63) is 0 Å². The quantitative estimate of drug-likeness (QED) is 0.257. The van der Waals surface area contributed by atoms with E-state index in [9.17, 15) is 28.8 Å². The Kier molecular flexibility index (Phi) is 16.6. The molecular formula is C36H63N3O9. The predicted octanol–water partition coefficient (Wildman–Crippen LogP) is 4.32. The van der Waals surface area contributed by atoms with E-state index in [0.717, 1.165) is 0 Å². The van der Waals surface area contributed by atoms with Gasteiger partial charge in [-0.2, -0.15) is 0 Å². The molecule has 0 N–H and O–H groups in total. The van der Waals surface area contributed by atoms with Crippen molar-refractivity contribution in [2.75, 3.05) is 21.1 Å². The molecule has 276 valence electrons. The van der Waals surface area contributed by atoms with Crippen molar-refractivity contribution in [2.24, 2.45) is 35.5 Å². The van der Waals surface area contributed by atoms with Crippen LogP contribution in [0.3, 0.4) is 0 Å². The van der Waals surface area contributed by atoms with E-state index in [-0.39, 0.29) is 24.2 Å². The van der Waals surface area contributed by atoms with E-state index < -0.39 is 89.8 Å². The Bertz CT molecular complexity index is 1120. The van der Waals surface area contributed by atoms with Gasteiger partial charge in [0.15, 0.2) is 18.3 Å². The average Bonchev–Trinajstić information content (AvgIpc) is 3.01. The summed E-state index contributed by atoms with van der Waals surface area (Å²) in [4.78, 5) is 87.7. The first-order valence-electron chi connectivity index (χ1n) is 17.6. The number of hydrogen-bond donors (Lipinski definition) is 0. The molecule has 1 saturated heterocycles. The molecule has 0 aromatic rings. The van der Waals surface area contributed by atoms with Gasteiger partial charge in [0.05, 0.1) is 0 Å². The molecular weight excluding hydrogens is 618 g/mol. The van der Waals surface area contributed by atoms with Crippen molar-refractivity contribution in [1.82, 2.24) is 14.7 Å². The summed E-state index contributed by atoms with van der Waals surface area (Å²) in [5.41, 5.74) is 0. The molecule has 0 unspecified atom stereocenters. The lowest BCUT2D eigenvalue weighted by molar-refractivity contribution is -0.181. The standard InChI is InChI=1S/C36H63N3O9/c1-16-23(11)26-35(44)47-28(20(5)6)31(40)37(13)25(18-19(3)4)34(43)46-29(21(7)8)32(41)38(14)27(24(12)17-2)36(45)48-30(22(9)10)33(42)39(26)15/h19-30H,16-18H2,1-15H3/t23-,24+,25-,26-,27-,28+,29+,30+/m0/s1. The highest BCUT2D eigenvalue weighted by Gasteiger charge is 2.45. The lowest BCUT2D eigenvalue weighted by Gasteiger charge is -2.38. The minimum atomic E-state index is -1.28. The number of cyclic esters (lactones) is 3. The molecule has 1 aliphatic heterocycles. The Morgan fingerprint density at radius 2 is 0.792 bits per heavy atom. The number of hydrogen-bond acceptors (Lipinski definition) is 9. The van der Waals surface area contributed by atoms with Crippen LogP contribution in [0.4, 0.5) is 0 Å². The molecule has 12 nitrogen and oxygen atoms in total. The summed E-state index contributed by atoms with van der Waals surface area (Å²) in [6, 6.07) is -3.29. The number of likely N-dealkylation sites (N-methyl/N-ethyl adjacent to an activating group) is 3. The number of ether oxygens (including phenoxy) is 3. The van der Waals surface area contributed by atoms with Gasteiger partial charge in [-0.1, -0.05) is 95.9 Å². The maximum atomic E-state index is 14.1. The SMILES string of the molecule is CC[C@@H](C)[C@H]1C(=O)O[C@H](C(C)C)C(=O)N(C)[C@@H]([C@@H](C)CC)C(=O)O[C@H](C(C)C)C(=O)N(C)[C@@H](CC(C)C)C(=O)O[C@H](C(C)C)C(=O)N1C. The summed E-state index contributed by atoms with van der Waals surface area (Å²) < 4.78 is 17.7. The minimum Gasteiger partial charge on any atom is -0.450 e. The first-order valence-corrected chi connectivity index (χ1v) is 17.6. The molecule has 1 aliphatic rings. The lowest BCUT2D eigenvalue weighted by Crippen LogP contribution is -2.57. The second-order valence-electron chi connectivity index (χ2n) is 15.0. The third-order valence-electron chi connectivity index (χ3n) is 9.44. The van der Waals surface area contributed by atoms with Crippen LogP contribution in [0.1, 0.15) is 102 Å². The van der Waals surface area contributed by atoms with Crippen molar-refractivity contribution in [3.8, 4) is 0 Å². The summed E-state index contributed by atoms with van der Waals surface area (Å²) >= 11 is 0. The number of carbonyl (C=O) groups is 6. The molecule has 0 aromatic carbocycles. The maximum Gasteiger partial charge on any atom is 0.329 e. The smallest absolute Gasteiger partial charge is 0.329 e. The number of amides is 3. The van der Waals surface area contributed by atoms with E-state index >= 15 is 0 Å². The number of carbonyl (C=O) groups excluding carboxylic acids is 6. The van der Waals surface area contributed by atoms with Gasteiger partial charge in [0.25, 0.3) is 17.7 Å². The molecule has 0 radical (unpaired) electrons. The van der Waals surface area contributed by atoms with Gasteiger partial charge in [-0.3, -0.25) is 14.4 Å². The zero-order valence-electron chi connectivity index (χ0n) is 32.1. The highest BCUT2D eigenvalue weighted by Crippen LogP contribution is 2.26. The van der Waals surface area contributed by atoms with Crippen LogP contribution in [-0.4, -0.2) is 108 Å². The molecule has 1 rings (SSSR count). The molecule has 8 atom stereocenters. The monoisotopic (exact) mass is 681 g/mol. The van der Waals surface area contributed by atoms with Crippen molar-refractivity contribution >= 4 is 35.6 Å². The van der Waals surface area contributed by atoms with Gasteiger partial charge in [0, 0.05) is 21.1 Å². The Morgan fingerprint density at radius 3 is 1.06 bits per heavy atom. The molecule has 1 heterocycles. The van der Waals surface area contributed by atoms with Crippen molar-refractivity contribution in [1.29, 1.82) is 0 Å². The third-order valence-corrected chi connectivity index (χ3v) is 9.44. The van der Waals surface area contributed by atoms with Gasteiger partial charge < -0.3 is 28.9 Å². The maximum absolute atomic E-state index is 14.1. The lowest BCUT2D eigenvalue weighted by atomic mass is 9.95. The molecule has 1 fully saturated rings. The van der Waals surface area contributed by atoms with Crippen LogP contribution in [0.25, 0.3) is 0 Å². The normalized spacial score (nSPS) is 27.7. The Labute approximate surface area is 288 Å². The summed E-state index contributed by atoms with van der Waals surface area (Å²) in [7, 11) is 4.38. The van der Waals surface area contributed by atoms with Crippen LogP contribution in [0.5, 0.6) is 0 Å².